The largest absolute Gasteiger partial charge is 0.462 e. The fraction of sp³-hybridized carbons (Fsp3) is 0.105. The van der Waals surface area contributed by atoms with Crippen molar-refractivity contribution in [3.63, 3.8) is 0 Å². The number of carbonyl (C=O) groups excluding carboxylic acids is 1. The number of furan rings is 1. The van der Waals surface area contributed by atoms with E-state index in [2.05, 4.69) is 15.3 Å². The Bertz CT molecular complexity index is 1290. The molecule has 0 saturated heterocycles. The van der Waals surface area contributed by atoms with Gasteiger partial charge in [-0.1, -0.05) is 12.1 Å². The highest BCUT2D eigenvalue weighted by Crippen LogP contribution is 2.29. The third kappa shape index (κ3) is 4.49. The lowest BCUT2D eigenvalue weighted by atomic mass is 10.1. The van der Waals surface area contributed by atoms with E-state index in [1.165, 1.54) is 34.8 Å². The van der Waals surface area contributed by atoms with E-state index < -0.39 is 10.0 Å². The summed E-state index contributed by atoms with van der Waals surface area (Å²) in [5.41, 5.74) is 1.24. The molecule has 3 heterocycles. The molecule has 0 radical (unpaired) electrons. The molecule has 0 aliphatic heterocycles. The highest BCUT2D eigenvalue weighted by molar-refractivity contribution is 7.89. The van der Waals surface area contributed by atoms with Gasteiger partial charge >= 0.3 is 0 Å². The summed E-state index contributed by atoms with van der Waals surface area (Å²) in [7, 11) is -3.71. The number of thiazole rings is 2. The van der Waals surface area contributed by atoms with Crippen molar-refractivity contribution >= 4 is 43.7 Å². The Morgan fingerprint density at radius 1 is 1.20 bits per heavy atom. The summed E-state index contributed by atoms with van der Waals surface area (Å²) in [6.45, 7) is 1.83. The number of primary sulfonamides is 1. The minimum absolute atomic E-state index is 0.0658. The Kier molecular flexibility index (Phi) is 5.52. The molecular formula is C19H16N4O4S3. The van der Waals surface area contributed by atoms with Crippen LogP contribution >= 0.6 is 22.7 Å². The molecular weight excluding hydrogens is 444 g/mol. The number of nitrogens with zero attached hydrogens (tertiary/aromatic N) is 2. The van der Waals surface area contributed by atoms with E-state index in [1.54, 1.807) is 36.7 Å². The Morgan fingerprint density at radius 2 is 1.97 bits per heavy atom. The number of carbonyl (C=O) groups is 1. The van der Waals surface area contributed by atoms with Gasteiger partial charge < -0.3 is 4.42 Å². The van der Waals surface area contributed by atoms with Crippen LogP contribution in [0, 0.1) is 6.92 Å². The maximum Gasteiger partial charge on any atom is 0.277 e. The lowest BCUT2D eigenvalue weighted by Crippen LogP contribution is -2.13. The molecule has 0 saturated carbocycles. The average molecular weight is 461 g/mol. The van der Waals surface area contributed by atoms with Crippen LogP contribution in [0.5, 0.6) is 0 Å². The van der Waals surface area contributed by atoms with Gasteiger partial charge in [-0.15, -0.1) is 22.7 Å². The lowest BCUT2D eigenvalue weighted by molar-refractivity contribution is 0.102. The second-order valence-electron chi connectivity index (χ2n) is 6.35. The molecule has 0 fully saturated rings. The van der Waals surface area contributed by atoms with E-state index in [4.69, 9.17) is 9.56 Å². The molecule has 4 rings (SSSR count). The second-order valence-corrected chi connectivity index (χ2v) is 10.2. The number of amides is 1. The summed E-state index contributed by atoms with van der Waals surface area (Å²) in [5, 5.41) is 9.00. The summed E-state index contributed by atoms with van der Waals surface area (Å²) in [6, 6.07) is 9.90. The minimum atomic E-state index is -3.71. The molecule has 1 aromatic carbocycles. The number of aromatic nitrogens is 2. The maximum absolute atomic E-state index is 12.6. The van der Waals surface area contributed by atoms with Crippen LogP contribution in [0.25, 0.3) is 10.8 Å². The van der Waals surface area contributed by atoms with Gasteiger partial charge in [-0.3, -0.25) is 10.1 Å². The first-order chi connectivity index (χ1) is 14.3. The maximum atomic E-state index is 12.6. The van der Waals surface area contributed by atoms with Gasteiger partial charge in [-0.05, 0) is 36.8 Å². The molecule has 0 aliphatic carbocycles. The van der Waals surface area contributed by atoms with E-state index >= 15 is 0 Å². The van der Waals surface area contributed by atoms with Crippen LogP contribution < -0.4 is 10.5 Å². The number of hydrogen-bond acceptors (Lipinski definition) is 8. The Hall–Kier alpha value is -2.86. The van der Waals surface area contributed by atoms with Crippen molar-refractivity contribution in [3.05, 3.63) is 69.9 Å². The zero-order chi connectivity index (χ0) is 21.3. The molecule has 3 aromatic heterocycles. The van der Waals surface area contributed by atoms with E-state index in [0.29, 0.717) is 28.0 Å². The van der Waals surface area contributed by atoms with Gasteiger partial charge in [0.15, 0.2) is 15.9 Å². The Morgan fingerprint density at radius 3 is 2.63 bits per heavy atom. The topological polar surface area (TPSA) is 128 Å². The first kappa shape index (κ1) is 20.4. The van der Waals surface area contributed by atoms with Crippen molar-refractivity contribution in [1.82, 2.24) is 9.97 Å². The van der Waals surface area contributed by atoms with Crippen LogP contribution in [-0.4, -0.2) is 24.3 Å². The van der Waals surface area contributed by atoms with Crippen molar-refractivity contribution in [2.24, 2.45) is 5.14 Å². The van der Waals surface area contributed by atoms with Crippen molar-refractivity contribution in [3.8, 4) is 10.8 Å². The lowest BCUT2D eigenvalue weighted by Gasteiger charge is -2.01. The zero-order valence-corrected chi connectivity index (χ0v) is 18.1. The van der Waals surface area contributed by atoms with E-state index in [1.807, 2.05) is 6.92 Å². The molecule has 11 heteroatoms. The van der Waals surface area contributed by atoms with Gasteiger partial charge in [0.25, 0.3) is 5.91 Å². The first-order valence-electron chi connectivity index (χ1n) is 8.69. The molecule has 0 atom stereocenters. The number of nitrogens with two attached hydrogens (primary N) is 1. The smallest absolute Gasteiger partial charge is 0.277 e. The number of aryl methyl sites for hydroxylation is 1. The van der Waals surface area contributed by atoms with Crippen molar-refractivity contribution in [2.75, 3.05) is 5.32 Å². The van der Waals surface area contributed by atoms with Gasteiger partial charge in [0.2, 0.25) is 10.0 Å². The fourth-order valence-corrected chi connectivity index (χ4v) is 4.95. The number of anilines is 1. The van der Waals surface area contributed by atoms with Gasteiger partial charge in [0.1, 0.15) is 5.69 Å². The molecule has 4 aromatic rings. The molecule has 0 bridgehead atoms. The first-order valence-corrected chi connectivity index (χ1v) is 11.9. The molecule has 0 unspecified atom stereocenters. The van der Waals surface area contributed by atoms with Crippen LogP contribution in [0.3, 0.4) is 0 Å². The minimum Gasteiger partial charge on any atom is -0.462 e. The van der Waals surface area contributed by atoms with E-state index in [0.717, 1.165) is 15.3 Å². The highest BCUT2D eigenvalue weighted by Gasteiger charge is 2.19. The van der Waals surface area contributed by atoms with Gasteiger partial charge in [-0.25, -0.2) is 23.5 Å². The molecule has 0 spiro atoms. The number of hydrogen-bond donors (Lipinski definition) is 2. The number of rotatable bonds is 6. The van der Waals surface area contributed by atoms with Crippen LogP contribution in [0.4, 0.5) is 5.13 Å². The summed E-state index contributed by atoms with van der Waals surface area (Å²) in [6.07, 6.45) is 3.79. The summed E-state index contributed by atoms with van der Waals surface area (Å²) in [5.74, 6) is 0.284. The number of benzene rings is 1. The number of nitrogens with one attached hydrogen (secondary N) is 1. The zero-order valence-electron chi connectivity index (χ0n) is 15.7. The van der Waals surface area contributed by atoms with Gasteiger partial charge in [0.05, 0.1) is 11.2 Å². The monoisotopic (exact) mass is 460 g/mol. The Labute approximate surface area is 180 Å². The van der Waals surface area contributed by atoms with Gasteiger partial charge in [-0.2, -0.15) is 0 Å². The molecule has 8 nitrogen and oxygen atoms in total. The molecule has 3 N–H and O–H groups in total. The third-order valence-corrected chi connectivity index (χ3v) is 6.98. The van der Waals surface area contributed by atoms with Crippen LogP contribution in [0.1, 0.15) is 25.8 Å². The normalized spacial score (nSPS) is 11.5. The Balaban J connectivity index is 1.44. The van der Waals surface area contributed by atoms with Crippen molar-refractivity contribution < 1.29 is 17.6 Å². The molecule has 154 valence electrons. The summed E-state index contributed by atoms with van der Waals surface area (Å²) in [4.78, 5) is 23.0. The second kappa shape index (κ2) is 8.11. The summed E-state index contributed by atoms with van der Waals surface area (Å²) >= 11 is 2.73. The number of sulfonamides is 1. The predicted octanol–water partition coefficient (Wildman–Crippen LogP) is 3.66. The van der Waals surface area contributed by atoms with Crippen molar-refractivity contribution in [1.29, 1.82) is 0 Å². The molecule has 1 amide bonds. The van der Waals surface area contributed by atoms with Gasteiger partial charge in [0, 0.05) is 22.4 Å². The third-order valence-electron chi connectivity index (χ3n) is 4.15. The van der Waals surface area contributed by atoms with Crippen molar-refractivity contribution in [2.45, 2.75) is 18.2 Å². The van der Waals surface area contributed by atoms with Crippen LogP contribution in [0.2, 0.25) is 0 Å². The van der Waals surface area contributed by atoms with E-state index in [-0.39, 0.29) is 10.8 Å². The van der Waals surface area contributed by atoms with Crippen LogP contribution in [-0.2, 0) is 16.4 Å². The molecule has 30 heavy (non-hydrogen) atoms. The highest BCUT2D eigenvalue weighted by atomic mass is 32.2. The predicted molar refractivity (Wildman–Crippen MR) is 115 cm³/mol. The van der Waals surface area contributed by atoms with Crippen LogP contribution in [0.15, 0.2) is 58.2 Å². The average Bonchev–Trinajstić information content (AvgIpc) is 3.42. The SMILES string of the molecule is Cc1sc(-c2ccco2)nc1C(=O)Nc1ncc(Cc2ccc(S(N)(=O)=O)cc2)s1. The summed E-state index contributed by atoms with van der Waals surface area (Å²) < 4.78 is 28.0. The standard InChI is InChI=1S/C19H16N4O4S3/c1-11-16(22-18(28-11)15-3-2-8-27-15)17(24)23-19-21-10-13(29-19)9-12-4-6-14(7-5-12)30(20,25)26/h2-8,10H,9H2,1H3,(H2,20,25,26)(H,21,23,24). The fourth-order valence-electron chi connectivity index (χ4n) is 2.71. The molecule has 0 aliphatic rings. The van der Waals surface area contributed by atoms with E-state index in [9.17, 15) is 13.2 Å². The quantitative estimate of drug-likeness (QED) is 0.452.